The Kier molecular flexibility index (Phi) is 4.66. The predicted octanol–water partition coefficient (Wildman–Crippen LogP) is 1.03. The van der Waals surface area contributed by atoms with Gasteiger partial charge in [-0.3, -0.25) is 4.79 Å². The van der Waals surface area contributed by atoms with E-state index in [-0.39, 0.29) is 18.3 Å². The third kappa shape index (κ3) is 3.34. The SMILES string of the molecule is COC(=O)C(N)Cc1ccc(B2OC(C)(C)C(C)(C)O2)cc1. The van der Waals surface area contributed by atoms with Crippen LogP contribution in [0.15, 0.2) is 24.3 Å². The fourth-order valence-corrected chi connectivity index (χ4v) is 2.28. The second-order valence-electron chi connectivity index (χ2n) is 6.66. The second-order valence-corrected chi connectivity index (χ2v) is 6.66. The molecule has 1 fully saturated rings. The van der Waals surface area contributed by atoms with E-state index in [1.54, 1.807) is 0 Å². The second kappa shape index (κ2) is 6.03. The normalized spacial score (nSPS) is 20.7. The Morgan fingerprint density at radius 1 is 1.18 bits per heavy atom. The quantitative estimate of drug-likeness (QED) is 0.664. The van der Waals surface area contributed by atoms with E-state index in [1.165, 1.54) is 7.11 Å². The smallest absolute Gasteiger partial charge is 0.468 e. The third-order valence-electron chi connectivity index (χ3n) is 4.46. The average Bonchev–Trinajstić information content (AvgIpc) is 2.67. The fraction of sp³-hybridized carbons (Fsp3) is 0.562. The van der Waals surface area contributed by atoms with Gasteiger partial charge in [0.25, 0.3) is 0 Å². The van der Waals surface area contributed by atoms with Gasteiger partial charge in [-0.2, -0.15) is 0 Å². The molecule has 1 aliphatic heterocycles. The van der Waals surface area contributed by atoms with E-state index in [9.17, 15) is 4.79 Å². The van der Waals surface area contributed by atoms with Crippen LogP contribution in [0.2, 0.25) is 0 Å². The summed E-state index contributed by atoms with van der Waals surface area (Å²) in [5, 5.41) is 0. The molecule has 0 spiro atoms. The van der Waals surface area contributed by atoms with Crippen molar-refractivity contribution in [3.05, 3.63) is 29.8 Å². The standard InChI is InChI=1S/C16H24BNO4/c1-15(2)16(3,4)22-17(21-15)12-8-6-11(7-9-12)10-13(18)14(19)20-5/h6-9,13H,10,18H2,1-5H3. The van der Waals surface area contributed by atoms with Gasteiger partial charge >= 0.3 is 13.1 Å². The molecule has 2 N–H and O–H groups in total. The number of hydrogen-bond acceptors (Lipinski definition) is 5. The van der Waals surface area contributed by atoms with Crippen molar-refractivity contribution in [1.29, 1.82) is 0 Å². The summed E-state index contributed by atoms with van der Waals surface area (Å²) in [6, 6.07) is 7.11. The summed E-state index contributed by atoms with van der Waals surface area (Å²) in [5.41, 5.74) is 6.98. The Morgan fingerprint density at radius 3 is 2.14 bits per heavy atom. The Balaban J connectivity index is 2.06. The van der Waals surface area contributed by atoms with E-state index in [0.717, 1.165) is 11.0 Å². The van der Waals surface area contributed by atoms with Crippen LogP contribution in [0.5, 0.6) is 0 Å². The molecular weight excluding hydrogens is 281 g/mol. The van der Waals surface area contributed by atoms with Crippen LogP contribution < -0.4 is 11.2 Å². The summed E-state index contributed by atoms with van der Waals surface area (Å²) >= 11 is 0. The summed E-state index contributed by atoms with van der Waals surface area (Å²) < 4.78 is 16.6. The number of hydrogen-bond donors (Lipinski definition) is 1. The Labute approximate surface area is 132 Å². The maximum Gasteiger partial charge on any atom is 0.494 e. The van der Waals surface area contributed by atoms with Gasteiger partial charge in [-0.25, -0.2) is 0 Å². The summed E-state index contributed by atoms with van der Waals surface area (Å²) in [6.45, 7) is 8.10. The molecule has 1 aliphatic rings. The van der Waals surface area contributed by atoms with Crippen molar-refractivity contribution in [2.24, 2.45) is 5.73 Å². The van der Waals surface area contributed by atoms with Crippen LogP contribution in [0, 0.1) is 0 Å². The Bertz CT molecular complexity index is 526. The summed E-state index contributed by atoms with van der Waals surface area (Å²) in [7, 11) is 0.956. The molecule has 0 aromatic heterocycles. The van der Waals surface area contributed by atoms with Crippen molar-refractivity contribution in [3.63, 3.8) is 0 Å². The highest BCUT2D eigenvalue weighted by Gasteiger charge is 2.51. The number of rotatable bonds is 4. The fourth-order valence-electron chi connectivity index (χ4n) is 2.28. The highest BCUT2D eigenvalue weighted by molar-refractivity contribution is 6.62. The van der Waals surface area contributed by atoms with Crippen LogP contribution in [0.4, 0.5) is 0 Å². The first-order chi connectivity index (χ1) is 10.2. The number of esters is 1. The van der Waals surface area contributed by atoms with E-state index in [4.69, 9.17) is 15.0 Å². The van der Waals surface area contributed by atoms with Gasteiger partial charge in [-0.1, -0.05) is 24.3 Å². The average molecular weight is 305 g/mol. The molecule has 5 nitrogen and oxygen atoms in total. The molecule has 6 heteroatoms. The first-order valence-corrected chi connectivity index (χ1v) is 7.44. The molecule has 0 bridgehead atoms. The number of carbonyl (C=O) groups is 1. The van der Waals surface area contributed by atoms with Gasteiger partial charge in [-0.15, -0.1) is 0 Å². The molecule has 0 saturated carbocycles. The van der Waals surface area contributed by atoms with Gasteiger partial charge in [0.1, 0.15) is 6.04 Å². The number of nitrogens with two attached hydrogens (primary N) is 1. The number of carbonyl (C=O) groups excluding carboxylic acids is 1. The molecule has 1 unspecified atom stereocenters. The van der Waals surface area contributed by atoms with Crippen LogP contribution >= 0.6 is 0 Å². The molecule has 1 saturated heterocycles. The van der Waals surface area contributed by atoms with Gasteiger partial charge in [0, 0.05) is 0 Å². The molecule has 0 aliphatic carbocycles. The molecule has 1 heterocycles. The molecule has 0 radical (unpaired) electrons. The molecule has 2 rings (SSSR count). The minimum absolute atomic E-state index is 0.358. The van der Waals surface area contributed by atoms with E-state index in [2.05, 4.69) is 4.74 Å². The number of benzene rings is 1. The molecule has 1 atom stereocenters. The van der Waals surface area contributed by atoms with Crippen LogP contribution in [-0.4, -0.2) is 37.4 Å². The lowest BCUT2D eigenvalue weighted by Gasteiger charge is -2.32. The lowest BCUT2D eigenvalue weighted by atomic mass is 9.78. The van der Waals surface area contributed by atoms with Crippen LogP contribution in [0.3, 0.4) is 0 Å². The van der Waals surface area contributed by atoms with Crippen LogP contribution in [-0.2, 0) is 25.3 Å². The summed E-state index contributed by atoms with van der Waals surface area (Å²) in [5.74, 6) is -0.407. The molecule has 1 aromatic rings. The first kappa shape index (κ1) is 17.0. The topological polar surface area (TPSA) is 70.8 Å². The summed E-state index contributed by atoms with van der Waals surface area (Å²) in [4.78, 5) is 11.3. The van der Waals surface area contributed by atoms with Crippen molar-refractivity contribution in [1.82, 2.24) is 0 Å². The maximum absolute atomic E-state index is 11.3. The zero-order valence-electron chi connectivity index (χ0n) is 13.9. The van der Waals surface area contributed by atoms with Crippen LogP contribution in [0.1, 0.15) is 33.3 Å². The van der Waals surface area contributed by atoms with Crippen LogP contribution in [0.25, 0.3) is 0 Å². The zero-order chi connectivity index (χ0) is 16.5. The van der Waals surface area contributed by atoms with Gasteiger partial charge in [-0.05, 0) is 45.1 Å². The van der Waals surface area contributed by atoms with Crippen molar-refractivity contribution in [2.45, 2.75) is 51.4 Å². The van der Waals surface area contributed by atoms with E-state index < -0.39 is 12.0 Å². The molecule has 120 valence electrons. The van der Waals surface area contributed by atoms with E-state index >= 15 is 0 Å². The van der Waals surface area contributed by atoms with Crippen molar-refractivity contribution < 1.29 is 18.8 Å². The zero-order valence-corrected chi connectivity index (χ0v) is 13.9. The van der Waals surface area contributed by atoms with E-state index in [1.807, 2.05) is 52.0 Å². The number of methoxy groups -OCH3 is 1. The highest BCUT2D eigenvalue weighted by Crippen LogP contribution is 2.36. The first-order valence-electron chi connectivity index (χ1n) is 7.44. The minimum atomic E-state index is -0.646. The summed E-state index contributed by atoms with van der Waals surface area (Å²) in [6.07, 6.45) is 0.441. The van der Waals surface area contributed by atoms with Gasteiger partial charge in [0.2, 0.25) is 0 Å². The lowest BCUT2D eigenvalue weighted by Crippen LogP contribution is -2.41. The monoisotopic (exact) mass is 305 g/mol. The molecular formula is C16H24BNO4. The highest BCUT2D eigenvalue weighted by atomic mass is 16.7. The number of ether oxygens (including phenoxy) is 1. The molecule has 1 aromatic carbocycles. The van der Waals surface area contributed by atoms with Gasteiger partial charge < -0.3 is 19.8 Å². The Hall–Kier alpha value is -1.37. The Morgan fingerprint density at radius 2 is 1.68 bits per heavy atom. The minimum Gasteiger partial charge on any atom is -0.468 e. The van der Waals surface area contributed by atoms with Crippen molar-refractivity contribution >= 4 is 18.6 Å². The van der Waals surface area contributed by atoms with Gasteiger partial charge in [0.05, 0.1) is 18.3 Å². The van der Waals surface area contributed by atoms with Crippen molar-refractivity contribution in [2.75, 3.05) is 7.11 Å². The maximum atomic E-state index is 11.3. The molecule has 22 heavy (non-hydrogen) atoms. The lowest BCUT2D eigenvalue weighted by molar-refractivity contribution is -0.142. The largest absolute Gasteiger partial charge is 0.494 e. The molecule has 0 amide bonds. The van der Waals surface area contributed by atoms with Crippen molar-refractivity contribution in [3.8, 4) is 0 Å². The third-order valence-corrected chi connectivity index (χ3v) is 4.46. The van der Waals surface area contributed by atoms with Gasteiger partial charge in [0.15, 0.2) is 0 Å². The predicted molar refractivity (Wildman–Crippen MR) is 85.9 cm³/mol. The van der Waals surface area contributed by atoms with E-state index in [0.29, 0.717) is 6.42 Å².